The van der Waals surface area contributed by atoms with E-state index in [9.17, 15) is 0 Å². The van der Waals surface area contributed by atoms with Gasteiger partial charge in [0.1, 0.15) is 5.75 Å². The molecule has 0 radical (unpaired) electrons. The number of halogens is 1. The Bertz CT molecular complexity index is 766. The van der Waals surface area contributed by atoms with Crippen molar-refractivity contribution in [3.05, 3.63) is 53.6 Å². The summed E-state index contributed by atoms with van der Waals surface area (Å²) >= 11 is 6.25. The number of ether oxygens (including phenoxy) is 1. The van der Waals surface area contributed by atoms with E-state index in [4.69, 9.17) is 26.6 Å². The van der Waals surface area contributed by atoms with E-state index in [1.54, 1.807) is 13.2 Å². The number of methoxy groups -OCH3 is 1. The number of nitrogens with two attached hydrogens (primary N) is 1. The van der Waals surface area contributed by atoms with Crippen molar-refractivity contribution in [1.29, 1.82) is 0 Å². The molecule has 0 spiro atoms. The normalized spacial score (nSPS) is 10.6. The van der Waals surface area contributed by atoms with Gasteiger partial charge in [0.25, 0.3) is 0 Å². The summed E-state index contributed by atoms with van der Waals surface area (Å²) in [7, 11) is 1.62. The van der Waals surface area contributed by atoms with Gasteiger partial charge in [0, 0.05) is 16.1 Å². The van der Waals surface area contributed by atoms with Crippen molar-refractivity contribution in [2.75, 3.05) is 12.8 Å². The van der Waals surface area contributed by atoms with Gasteiger partial charge < -0.3 is 15.0 Å². The van der Waals surface area contributed by atoms with Gasteiger partial charge in [-0.1, -0.05) is 35.0 Å². The minimum atomic E-state index is 0.314. The third kappa shape index (κ3) is 2.45. The number of nitrogen functional groups attached to an aromatic ring is 1. The van der Waals surface area contributed by atoms with Gasteiger partial charge in [-0.25, -0.2) is 0 Å². The summed E-state index contributed by atoms with van der Waals surface area (Å²) in [5.74, 6) is 1.67. The van der Waals surface area contributed by atoms with Crippen LogP contribution >= 0.6 is 11.6 Å². The lowest BCUT2D eigenvalue weighted by atomic mass is 10.0. The predicted octanol–water partition coefficient (Wildman–Crippen LogP) is 4.25. The van der Waals surface area contributed by atoms with Crippen molar-refractivity contribution in [3.63, 3.8) is 0 Å². The number of hydrogen-bond acceptors (Lipinski definition) is 4. The number of nitrogens with zero attached hydrogens (tertiary/aromatic N) is 1. The average Bonchev–Trinajstić information content (AvgIpc) is 2.89. The summed E-state index contributed by atoms with van der Waals surface area (Å²) in [5, 5.41) is 4.47. The van der Waals surface area contributed by atoms with Gasteiger partial charge in [-0.05, 0) is 30.3 Å². The molecule has 21 heavy (non-hydrogen) atoms. The molecule has 0 amide bonds. The molecule has 1 heterocycles. The fourth-order valence-corrected chi connectivity index (χ4v) is 2.40. The molecule has 4 nitrogen and oxygen atoms in total. The van der Waals surface area contributed by atoms with E-state index >= 15 is 0 Å². The van der Waals surface area contributed by atoms with E-state index in [-0.39, 0.29) is 0 Å². The van der Waals surface area contributed by atoms with E-state index in [1.807, 2.05) is 42.5 Å². The largest absolute Gasteiger partial charge is 0.497 e. The van der Waals surface area contributed by atoms with E-state index in [2.05, 4.69) is 5.16 Å². The Labute approximate surface area is 127 Å². The summed E-state index contributed by atoms with van der Waals surface area (Å²) in [5.41, 5.74) is 8.30. The fourth-order valence-electron chi connectivity index (χ4n) is 2.17. The van der Waals surface area contributed by atoms with E-state index < -0.39 is 0 Å². The zero-order valence-corrected chi connectivity index (χ0v) is 12.1. The average molecular weight is 301 g/mol. The first-order valence-electron chi connectivity index (χ1n) is 6.35. The zero-order chi connectivity index (χ0) is 14.8. The molecule has 0 atom stereocenters. The Morgan fingerprint density at radius 3 is 2.48 bits per heavy atom. The minimum Gasteiger partial charge on any atom is -0.497 e. The highest BCUT2D eigenvalue weighted by molar-refractivity contribution is 6.33. The van der Waals surface area contributed by atoms with Gasteiger partial charge in [0.2, 0.25) is 0 Å². The number of benzene rings is 2. The molecule has 0 saturated heterocycles. The molecular weight excluding hydrogens is 288 g/mol. The molecule has 0 unspecified atom stereocenters. The van der Waals surface area contributed by atoms with Crippen LogP contribution in [0.4, 0.5) is 5.82 Å². The molecule has 3 aromatic rings. The second kappa shape index (κ2) is 5.50. The smallest absolute Gasteiger partial charge is 0.176 e. The van der Waals surface area contributed by atoms with Gasteiger partial charge in [-0.2, -0.15) is 0 Å². The lowest BCUT2D eigenvalue weighted by Gasteiger charge is -2.05. The maximum Gasteiger partial charge on any atom is 0.176 e. The summed E-state index contributed by atoms with van der Waals surface area (Å²) in [6.07, 6.45) is 0. The molecular formula is C16H13ClN2O2. The Kier molecular flexibility index (Phi) is 3.54. The van der Waals surface area contributed by atoms with Crippen molar-refractivity contribution in [1.82, 2.24) is 5.16 Å². The summed E-state index contributed by atoms with van der Waals surface area (Å²) in [6.45, 7) is 0. The van der Waals surface area contributed by atoms with Crippen molar-refractivity contribution >= 4 is 17.4 Å². The van der Waals surface area contributed by atoms with Gasteiger partial charge >= 0.3 is 0 Å². The molecule has 0 aliphatic rings. The van der Waals surface area contributed by atoms with Crippen LogP contribution in [0.15, 0.2) is 53.1 Å². The minimum absolute atomic E-state index is 0.314. The Hall–Kier alpha value is -2.46. The molecule has 2 aromatic carbocycles. The monoisotopic (exact) mass is 300 g/mol. The van der Waals surface area contributed by atoms with Crippen LogP contribution in [0.25, 0.3) is 22.5 Å². The van der Waals surface area contributed by atoms with Crippen molar-refractivity contribution in [3.8, 4) is 28.2 Å². The molecule has 0 aliphatic carbocycles. The zero-order valence-electron chi connectivity index (χ0n) is 11.3. The van der Waals surface area contributed by atoms with Gasteiger partial charge in [-0.3, -0.25) is 0 Å². The molecule has 0 saturated carbocycles. The third-order valence-electron chi connectivity index (χ3n) is 3.21. The maximum absolute atomic E-state index is 6.25. The Morgan fingerprint density at radius 1 is 1.10 bits per heavy atom. The van der Waals surface area contributed by atoms with Crippen LogP contribution in [0.3, 0.4) is 0 Å². The molecule has 3 rings (SSSR count). The molecule has 0 aliphatic heterocycles. The SMILES string of the molecule is COc1ccc(-c2onc(N)c2-c2ccccc2Cl)cc1. The molecule has 1 aromatic heterocycles. The third-order valence-corrected chi connectivity index (χ3v) is 3.54. The first kappa shape index (κ1) is 13.5. The topological polar surface area (TPSA) is 61.3 Å². The van der Waals surface area contributed by atoms with E-state index in [0.717, 1.165) is 16.9 Å². The molecule has 0 fully saturated rings. The number of rotatable bonds is 3. The summed E-state index contributed by atoms with van der Waals surface area (Å²) in [4.78, 5) is 0. The van der Waals surface area contributed by atoms with Gasteiger partial charge in [0.05, 0.1) is 12.7 Å². The standard InChI is InChI=1S/C16H13ClN2O2/c1-20-11-8-6-10(7-9-11)15-14(16(18)19-21-15)12-4-2-3-5-13(12)17/h2-9H,1H3,(H2,18,19). The lowest BCUT2D eigenvalue weighted by molar-refractivity contribution is 0.414. The molecule has 2 N–H and O–H groups in total. The van der Waals surface area contributed by atoms with Crippen molar-refractivity contribution < 1.29 is 9.26 Å². The van der Waals surface area contributed by atoms with E-state index in [1.165, 1.54) is 0 Å². The Morgan fingerprint density at radius 2 is 1.81 bits per heavy atom. The van der Waals surface area contributed by atoms with Crippen LogP contribution in [-0.2, 0) is 0 Å². The molecule has 106 valence electrons. The molecule has 5 heteroatoms. The van der Waals surface area contributed by atoms with Crippen LogP contribution < -0.4 is 10.5 Å². The Balaban J connectivity index is 2.15. The van der Waals surface area contributed by atoms with Crippen LogP contribution in [0.1, 0.15) is 0 Å². The summed E-state index contributed by atoms with van der Waals surface area (Å²) < 4.78 is 10.5. The highest BCUT2D eigenvalue weighted by atomic mass is 35.5. The second-order valence-electron chi connectivity index (χ2n) is 4.48. The van der Waals surface area contributed by atoms with Gasteiger partial charge in [0.15, 0.2) is 11.6 Å². The van der Waals surface area contributed by atoms with Crippen LogP contribution in [0.5, 0.6) is 5.75 Å². The van der Waals surface area contributed by atoms with Crippen LogP contribution in [-0.4, -0.2) is 12.3 Å². The first-order chi connectivity index (χ1) is 10.2. The van der Waals surface area contributed by atoms with Crippen LogP contribution in [0, 0.1) is 0 Å². The maximum atomic E-state index is 6.25. The fraction of sp³-hybridized carbons (Fsp3) is 0.0625. The molecule has 0 bridgehead atoms. The van der Waals surface area contributed by atoms with E-state index in [0.29, 0.717) is 22.2 Å². The van der Waals surface area contributed by atoms with Crippen LogP contribution in [0.2, 0.25) is 5.02 Å². The summed E-state index contributed by atoms with van der Waals surface area (Å²) in [6, 6.07) is 14.9. The number of anilines is 1. The van der Waals surface area contributed by atoms with Crippen molar-refractivity contribution in [2.24, 2.45) is 0 Å². The highest BCUT2D eigenvalue weighted by Gasteiger charge is 2.19. The number of hydrogen-bond donors (Lipinski definition) is 1. The lowest BCUT2D eigenvalue weighted by Crippen LogP contribution is -1.89. The predicted molar refractivity (Wildman–Crippen MR) is 83.3 cm³/mol. The van der Waals surface area contributed by atoms with Crippen molar-refractivity contribution in [2.45, 2.75) is 0 Å². The first-order valence-corrected chi connectivity index (χ1v) is 6.73. The quantitative estimate of drug-likeness (QED) is 0.785. The number of aromatic nitrogens is 1. The highest BCUT2D eigenvalue weighted by Crippen LogP contribution is 2.39. The second-order valence-corrected chi connectivity index (χ2v) is 4.89. The van der Waals surface area contributed by atoms with Gasteiger partial charge in [-0.15, -0.1) is 0 Å².